The summed E-state index contributed by atoms with van der Waals surface area (Å²) in [5.74, 6) is 0. The van der Waals surface area contributed by atoms with E-state index >= 15 is 0 Å². The summed E-state index contributed by atoms with van der Waals surface area (Å²) in [6, 6.07) is 0. The van der Waals surface area contributed by atoms with Crippen LogP contribution in [0, 0.1) is 0 Å². The fourth-order valence-electron chi connectivity index (χ4n) is 1.62. The van der Waals surface area contributed by atoms with E-state index in [9.17, 15) is 0 Å². The Balaban J connectivity index is 1.84. The van der Waals surface area contributed by atoms with Gasteiger partial charge in [0.15, 0.2) is 0 Å². The minimum atomic E-state index is 0.244. The Hall–Kier alpha value is -0.940. The van der Waals surface area contributed by atoms with Crippen LogP contribution in [0.5, 0.6) is 0 Å². The molecule has 0 aromatic carbocycles. The highest BCUT2D eigenvalue weighted by molar-refractivity contribution is 4.74. The Kier molecular flexibility index (Phi) is 2.56. The van der Waals surface area contributed by atoms with Crippen molar-refractivity contribution in [2.24, 2.45) is 5.73 Å². The highest BCUT2D eigenvalue weighted by atomic mass is 16.5. The third kappa shape index (κ3) is 2.05. The van der Waals surface area contributed by atoms with Gasteiger partial charge in [0.1, 0.15) is 12.7 Å². The fourth-order valence-corrected chi connectivity index (χ4v) is 1.62. The van der Waals surface area contributed by atoms with E-state index in [2.05, 4.69) is 10.1 Å². The van der Waals surface area contributed by atoms with E-state index in [0.717, 1.165) is 19.4 Å². The highest BCUT2D eigenvalue weighted by Gasteiger charge is 2.24. The van der Waals surface area contributed by atoms with Gasteiger partial charge in [0.25, 0.3) is 0 Å². The monoisotopic (exact) mass is 182 g/mol. The van der Waals surface area contributed by atoms with Crippen LogP contribution in [0.15, 0.2) is 12.7 Å². The molecule has 0 radical (unpaired) electrons. The summed E-state index contributed by atoms with van der Waals surface area (Å²) < 4.78 is 7.47. The topological polar surface area (TPSA) is 66.0 Å². The van der Waals surface area contributed by atoms with Crippen molar-refractivity contribution in [2.45, 2.75) is 31.6 Å². The van der Waals surface area contributed by atoms with Crippen molar-refractivity contribution in [1.29, 1.82) is 0 Å². The molecule has 2 atom stereocenters. The second-order valence-electron chi connectivity index (χ2n) is 3.31. The van der Waals surface area contributed by atoms with E-state index in [4.69, 9.17) is 10.5 Å². The molecule has 1 aromatic rings. The molecule has 2 heterocycles. The maximum Gasteiger partial charge on any atom is 0.137 e. The van der Waals surface area contributed by atoms with Crippen LogP contribution in [0.25, 0.3) is 0 Å². The average molecular weight is 182 g/mol. The van der Waals surface area contributed by atoms with Crippen molar-refractivity contribution in [2.75, 3.05) is 6.54 Å². The summed E-state index contributed by atoms with van der Waals surface area (Å²) in [5.41, 5.74) is 5.51. The number of rotatable bonds is 3. The zero-order valence-corrected chi connectivity index (χ0v) is 7.47. The molecule has 5 nitrogen and oxygen atoms in total. The lowest BCUT2D eigenvalue weighted by Crippen LogP contribution is -2.22. The number of aromatic nitrogens is 3. The lowest BCUT2D eigenvalue weighted by molar-refractivity contribution is 0.0385. The number of hydrogen-bond donors (Lipinski definition) is 1. The third-order valence-electron chi connectivity index (χ3n) is 2.32. The van der Waals surface area contributed by atoms with Crippen molar-refractivity contribution in [3.8, 4) is 0 Å². The Morgan fingerprint density at radius 3 is 2.92 bits per heavy atom. The minimum absolute atomic E-state index is 0.244. The molecule has 1 fully saturated rings. The standard InChI is InChI=1S/C8H14N4O/c9-3-7-1-2-8(13-7)4-12-6-10-5-11-12/h5-8H,1-4,9H2. The van der Waals surface area contributed by atoms with Gasteiger partial charge in [-0.1, -0.05) is 0 Å². The fraction of sp³-hybridized carbons (Fsp3) is 0.750. The summed E-state index contributed by atoms with van der Waals surface area (Å²) >= 11 is 0. The molecule has 13 heavy (non-hydrogen) atoms. The van der Waals surface area contributed by atoms with Crippen LogP contribution < -0.4 is 5.73 Å². The summed E-state index contributed by atoms with van der Waals surface area (Å²) in [4.78, 5) is 3.88. The molecule has 2 unspecified atom stereocenters. The predicted molar refractivity (Wildman–Crippen MR) is 47.0 cm³/mol. The molecule has 5 heteroatoms. The highest BCUT2D eigenvalue weighted by Crippen LogP contribution is 2.19. The first-order chi connectivity index (χ1) is 6.38. The van der Waals surface area contributed by atoms with Gasteiger partial charge >= 0.3 is 0 Å². The summed E-state index contributed by atoms with van der Waals surface area (Å²) in [5, 5.41) is 4.02. The molecule has 0 spiro atoms. The maximum atomic E-state index is 5.67. The van der Waals surface area contributed by atoms with E-state index in [0.29, 0.717) is 6.54 Å². The number of hydrogen-bond acceptors (Lipinski definition) is 4. The first-order valence-electron chi connectivity index (χ1n) is 4.56. The molecule has 1 aromatic heterocycles. The van der Waals surface area contributed by atoms with Gasteiger partial charge in [-0.2, -0.15) is 5.10 Å². The largest absolute Gasteiger partial charge is 0.372 e. The first-order valence-corrected chi connectivity index (χ1v) is 4.56. The van der Waals surface area contributed by atoms with E-state index in [-0.39, 0.29) is 12.2 Å². The summed E-state index contributed by atoms with van der Waals surface area (Å²) in [6.07, 6.45) is 5.88. The van der Waals surface area contributed by atoms with Gasteiger partial charge in [-0.25, -0.2) is 4.98 Å². The Morgan fingerprint density at radius 2 is 2.31 bits per heavy atom. The van der Waals surface area contributed by atoms with Gasteiger partial charge in [0.05, 0.1) is 18.8 Å². The van der Waals surface area contributed by atoms with Crippen LogP contribution in [0.4, 0.5) is 0 Å². The zero-order valence-electron chi connectivity index (χ0n) is 7.47. The van der Waals surface area contributed by atoms with Crippen molar-refractivity contribution in [3.63, 3.8) is 0 Å². The van der Waals surface area contributed by atoms with Gasteiger partial charge in [-0.3, -0.25) is 4.68 Å². The smallest absolute Gasteiger partial charge is 0.137 e. The second kappa shape index (κ2) is 3.85. The zero-order chi connectivity index (χ0) is 9.10. The van der Waals surface area contributed by atoms with Gasteiger partial charge < -0.3 is 10.5 Å². The van der Waals surface area contributed by atoms with Crippen LogP contribution in [0.2, 0.25) is 0 Å². The Bertz CT molecular complexity index is 249. The van der Waals surface area contributed by atoms with E-state index < -0.39 is 0 Å². The van der Waals surface area contributed by atoms with Crippen LogP contribution in [0.3, 0.4) is 0 Å². The normalized spacial score (nSPS) is 28.1. The van der Waals surface area contributed by atoms with Crippen LogP contribution >= 0.6 is 0 Å². The minimum Gasteiger partial charge on any atom is -0.372 e. The summed E-state index contributed by atoms with van der Waals surface area (Å²) in [6.45, 7) is 1.41. The van der Waals surface area contributed by atoms with Crippen molar-refractivity contribution in [3.05, 3.63) is 12.7 Å². The number of nitrogens with two attached hydrogens (primary N) is 1. The van der Waals surface area contributed by atoms with Gasteiger partial charge in [-0.15, -0.1) is 0 Å². The Morgan fingerprint density at radius 1 is 1.46 bits per heavy atom. The molecule has 72 valence electrons. The molecule has 0 amide bonds. The molecular formula is C8H14N4O. The molecule has 1 saturated heterocycles. The third-order valence-corrected chi connectivity index (χ3v) is 2.32. The van der Waals surface area contributed by atoms with E-state index in [1.54, 1.807) is 11.0 Å². The lowest BCUT2D eigenvalue weighted by Gasteiger charge is -2.11. The molecule has 1 aliphatic rings. The van der Waals surface area contributed by atoms with Crippen LogP contribution in [0.1, 0.15) is 12.8 Å². The van der Waals surface area contributed by atoms with E-state index in [1.807, 2.05) is 0 Å². The molecule has 2 rings (SSSR count). The predicted octanol–water partition coefficient (Wildman–Crippen LogP) is -0.216. The molecule has 1 aliphatic heterocycles. The molecule has 0 aliphatic carbocycles. The van der Waals surface area contributed by atoms with Gasteiger partial charge in [0, 0.05) is 6.54 Å². The van der Waals surface area contributed by atoms with Crippen LogP contribution in [-0.4, -0.2) is 33.5 Å². The number of nitrogens with zero attached hydrogens (tertiary/aromatic N) is 3. The van der Waals surface area contributed by atoms with Crippen molar-refractivity contribution >= 4 is 0 Å². The van der Waals surface area contributed by atoms with Crippen molar-refractivity contribution < 1.29 is 4.74 Å². The quantitative estimate of drug-likeness (QED) is 0.702. The average Bonchev–Trinajstić information content (AvgIpc) is 2.76. The molecular weight excluding hydrogens is 168 g/mol. The van der Waals surface area contributed by atoms with Gasteiger partial charge in [-0.05, 0) is 12.8 Å². The number of ether oxygens (including phenoxy) is 1. The SMILES string of the molecule is NCC1CCC(Cn2cncn2)O1. The second-order valence-corrected chi connectivity index (χ2v) is 3.31. The maximum absolute atomic E-state index is 5.67. The first kappa shape index (κ1) is 8.65. The lowest BCUT2D eigenvalue weighted by atomic mass is 10.2. The molecule has 0 bridgehead atoms. The van der Waals surface area contributed by atoms with Gasteiger partial charge in [0.2, 0.25) is 0 Å². The molecule has 0 saturated carbocycles. The van der Waals surface area contributed by atoms with Crippen LogP contribution in [-0.2, 0) is 11.3 Å². The Labute approximate surface area is 76.9 Å². The van der Waals surface area contributed by atoms with E-state index in [1.165, 1.54) is 6.33 Å². The molecule has 2 N–H and O–H groups in total. The van der Waals surface area contributed by atoms with Crippen molar-refractivity contribution in [1.82, 2.24) is 14.8 Å². The summed E-state index contributed by atoms with van der Waals surface area (Å²) in [7, 11) is 0.